The molecule has 0 aliphatic heterocycles. The van der Waals surface area contributed by atoms with Gasteiger partial charge in [-0.25, -0.2) is 0 Å². The molecule has 1 atom stereocenters. The standard InChI is InChI=1S/C10H24OSi/c1-7-8-9(11)12(5,6)10(2,3)4/h9,11H,7-8H2,1-6H3. The summed E-state index contributed by atoms with van der Waals surface area (Å²) >= 11 is 0. The molecule has 12 heavy (non-hydrogen) atoms. The zero-order chi connectivity index (χ0) is 9.99. The first-order valence-corrected chi connectivity index (χ1v) is 7.99. The second-order valence-electron chi connectivity index (χ2n) is 5.28. The monoisotopic (exact) mass is 188 g/mol. The van der Waals surface area contributed by atoms with Gasteiger partial charge in [-0.1, -0.05) is 47.2 Å². The molecule has 0 bridgehead atoms. The van der Waals surface area contributed by atoms with Crippen LogP contribution in [-0.2, 0) is 0 Å². The zero-order valence-electron chi connectivity index (χ0n) is 9.44. The van der Waals surface area contributed by atoms with Crippen LogP contribution < -0.4 is 0 Å². The maximum Gasteiger partial charge on any atom is 0.0864 e. The van der Waals surface area contributed by atoms with Gasteiger partial charge in [0.2, 0.25) is 0 Å². The summed E-state index contributed by atoms with van der Waals surface area (Å²) < 4.78 is 0. The molecule has 74 valence electrons. The van der Waals surface area contributed by atoms with Crippen LogP contribution in [0.15, 0.2) is 0 Å². The van der Waals surface area contributed by atoms with Gasteiger partial charge in [0.05, 0.1) is 8.07 Å². The minimum absolute atomic E-state index is 0.0394. The van der Waals surface area contributed by atoms with Gasteiger partial charge in [0.1, 0.15) is 0 Å². The summed E-state index contributed by atoms with van der Waals surface area (Å²) in [7, 11) is -1.47. The predicted molar refractivity (Wildman–Crippen MR) is 58.1 cm³/mol. The molecule has 1 N–H and O–H groups in total. The Morgan fingerprint density at radius 1 is 1.25 bits per heavy atom. The fourth-order valence-electron chi connectivity index (χ4n) is 1.13. The largest absolute Gasteiger partial charge is 0.397 e. The Kier molecular flexibility index (Phi) is 3.98. The summed E-state index contributed by atoms with van der Waals surface area (Å²) in [5.41, 5.74) is -0.0394. The third kappa shape index (κ3) is 2.59. The number of aliphatic hydroxyl groups is 1. The van der Waals surface area contributed by atoms with E-state index in [-0.39, 0.29) is 5.73 Å². The Balaban J connectivity index is 4.38. The van der Waals surface area contributed by atoms with E-state index in [0.717, 1.165) is 12.8 Å². The molecule has 1 unspecified atom stereocenters. The summed E-state index contributed by atoms with van der Waals surface area (Å²) in [5.74, 6) is 0. The average Bonchev–Trinajstić information content (AvgIpc) is 1.85. The van der Waals surface area contributed by atoms with Crippen molar-refractivity contribution < 1.29 is 5.11 Å². The minimum Gasteiger partial charge on any atom is -0.397 e. The van der Waals surface area contributed by atoms with Crippen LogP contribution in [0.5, 0.6) is 0 Å². The van der Waals surface area contributed by atoms with E-state index in [2.05, 4.69) is 40.8 Å². The van der Waals surface area contributed by atoms with Crippen molar-refractivity contribution in [2.24, 2.45) is 0 Å². The van der Waals surface area contributed by atoms with Crippen molar-refractivity contribution in [2.45, 2.75) is 64.4 Å². The van der Waals surface area contributed by atoms with Crippen LogP contribution >= 0.6 is 0 Å². The molecule has 0 radical (unpaired) electrons. The Labute approximate surface area is 78.2 Å². The van der Waals surface area contributed by atoms with Crippen LogP contribution in [0.1, 0.15) is 40.5 Å². The van der Waals surface area contributed by atoms with E-state index in [0.29, 0.717) is 5.04 Å². The van der Waals surface area contributed by atoms with Crippen LogP contribution in [-0.4, -0.2) is 18.9 Å². The highest BCUT2D eigenvalue weighted by Gasteiger charge is 2.40. The molecule has 0 aromatic carbocycles. The van der Waals surface area contributed by atoms with Crippen molar-refractivity contribution in [3.05, 3.63) is 0 Å². The molecule has 0 aliphatic carbocycles. The van der Waals surface area contributed by atoms with E-state index in [4.69, 9.17) is 0 Å². The number of aliphatic hydroxyl groups excluding tert-OH is 1. The summed E-state index contributed by atoms with van der Waals surface area (Å²) in [4.78, 5) is 0. The topological polar surface area (TPSA) is 20.2 Å². The summed E-state index contributed by atoms with van der Waals surface area (Å²) in [6.45, 7) is 13.4. The molecule has 0 aromatic rings. The number of rotatable bonds is 3. The van der Waals surface area contributed by atoms with Gasteiger partial charge in [-0.15, -0.1) is 0 Å². The minimum atomic E-state index is -1.47. The fourth-order valence-corrected chi connectivity index (χ4v) is 3.14. The van der Waals surface area contributed by atoms with Crippen LogP contribution in [0.25, 0.3) is 0 Å². The molecule has 0 fully saturated rings. The Morgan fingerprint density at radius 2 is 1.67 bits per heavy atom. The first-order valence-electron chi connectivity index (χ1n) is 4.91. The van der Waals surface area contributed by atoms with Crippen molar-refractivity contribution in [3.8, 4) is 0 Å². The van der Waals surface area contributed by atoms with E-state index in [1.807, 2.05) is 0 Å². The van der Waals surface area contributed by atoms with Crippen molar-refractivity contribution in [1.29, 1.82) is 0 Å². The van der Waals surface area contributed by atoms with Crippen molar-refractivity contribution >= 4 is 8.07 Å². The van der Waals surface area contributed by atoms with Gasteiger partial charge in [-0.2, -0.15) is 0 Å². The maximum atomic E-state index is 9.97. The second kappa shape index (κ2) is 3.92. The van der Waals surface area contributed by atoms with Crippen LogP contribution in [0.2, 0.25) is 18.1 Å². The first kappa shape index (κ1) is 12.2. The molecule has 0 saturated heterocycles. The predicted octanol–water partition coefficient (Wildman–Crippen LogP) is 3.20. The van der Waals surface area contributed by atoms with E-state index >= 15 is 0 Å². The van der Waals surface area contributed by atoms with Crippen molar-refractivity contribution in [3.63, 3.8) is 0 Å². The highest BCUT2D eigenvalue weighted by Crippen LogP contribution is 2.38. The van der Waals surface area contributed by atoms with Gasteiger partial charge < -0.3 is 5.11 Å². The normalized spacial score (nSPS) is 16.2. The lowest BCUT2D eigenvalue weighted by Crippen LogP contribution is -2.49. The molecule has 0 aromatic heterocycles. The lowest BCUT2D eigenvalue weighted by molar-refractivity contribution is 0.226. The molecule has 0 saturated carbocycles. The third-order valence-corrected chi connectivity index (χ3v) is 9.15. The Morgan fingerprint density at radius 3 is 1.92 bits per heavy atom. The zero-order valence-corrected chi connectivity index (χ0v) is 10.4. The van der Waals surface area contributed by atoms with Gasteiger partial charge >= 0.3 is 0 Å². The SMILES string of the molecule is CCCC(O)[Si](C)(C)C(C)(C)C. The van der Waals surface area contributed by atoms with Gasteiger partial charge in [0.25, 0.3) is 0 Å². The molecule has 2 heteroatoms. The van der Waals surface area contributed by atoms with Gasteiger partial charge in [0.15, 0.2) is 0 Å². The average molecular weight is 188 g/mol. The highest BCUT2D eigenvalue weighted by molar-refractivity contribution is 6.81. The Hall–Kier alpha value is 0.177. The highest BCUT2D eigenvalue weighted by atomic mass is 28.3. The number of hydrogen-bond acceptors (Lipinski definition) is 1. The molecule has 0 aliphatic rings. The van der Waals surface area contributed by atoms with E-state index in [1.54, 1.807) is 0 Å². The molecule has 0 heterocycles. The molecular weight excluding hydrogens is 164 g/mol. The van der Waals surface area contributed by atoms with Crippen LogP contribution in [0, 0.1) is 0 Å². The Bertz CT molecular complexity index is 135. The first-order chi connectivity index (χ1) is 5.23. The van der Waals surface area contributed by atoms with Crippen molar-refractivity contribution in [1.82, 2.24) is 0 Å². The molecule has 0 amide bonds. The lowest BCUT2D eigenvalue weighted by atomic mass is 10.2. The quantitative estimate of drug-likeness (QED) is 0.674. The van der Waals surface area contributed by atoms with Crippen LogP contribution in [0.4, 0.5) is 0 Å². The molecule has 1 nitrogen and oxygen atoms in total. The second-order valence-corrected chi connectivity index (χ2v) is 10.9. The van der Waals surface area contributed by atoms with Crippen LogP contribution in [0.3, 0.4) is 0 Å². The smallest absolute Gasteiger partial charge is 0.0864 e. The van der Waals surface area contributed by atoms with E-state index in [9.17, 15) is 5.11 Å². The molecule has 0 rings (SSSR count). The molecular formula is C10H24OSi. The molecule has 0 spiro atoms. The van der Waals surface area contributed by atoms with E-state index < -0.39 is 8.07 Å². The van der Waals surface area contributed by atoms with Gasteiger partial charge in [-0.3, -0.25) is 0 Å². The van der Waals surface area contributed by atoms with Crippen molar-refractivity contribution in [2.75, 3.05) is 0 Å². The summed E-state index contributed by atoms with van der Waals surface area (Å²) in [6, 6.07) is 0. The summed E-state index contributed by atoms with van der Waals surface area (Å²) in [6.07, 6.45) is 2.06. The summed E-state index contributed by atoms with van der Waals surface area (Å²) in [5, 5.41) is 10.3. The van der Waals surface area contributed by atoms with E-state index in [1.165, 1.54) is 0 Å². The number of hydrogen-bond donors (Lipinski definition) is 1. The maximum absolute atomic E-state index is 9.97. The lowest BCUT2D eigenvalue weighted by Gasteiger charge is -2.40. The third-order valence-electron chi connectivity index (χ3n) is 3.33. The van der Waals surface area contributed by atoms with Gasteiger partial charge in [0, 0.05) is 5.73 Å². The van der Waals surface area contributed by atoms with Gasteiger partial charge in [-0.05, 0) is 11.5 Å². The fraction of sp³-hybridized carbons (Fsp3) is 1.00.